The minimum absolute atomic E-state index is 0.184. The van der Waals surface area contributed by atoms with Crippen molar-refractivity contribution in [1.29, 1.82) is 0 Å². The van der Waals surface area contributed by atoms with Gasteiger partial charge in [-0.3, -0.25) is 10.00 Å². The third-order valence-corrected chi connectivity index (χ3v) is 3.05. The van der Waals surface area contributed by atoms with Gasteiger partial charge in [0, 0.05) is 18.7 Å². The van der Waals surface area contributed by atoms with Crippen molar-refractivity contribution in [2.45, 2.75) is 65.5 Å². The fourth-order valence-electron chi connectivity index (χ4n) is 2.16. The molecule has 0 saturated heterocycles. The van der Waals surface area contributed by atoms with E-state index in [2.05, 4.69) is 10.4 Å². The lowest BCUT2D eigenvalue weighted by Gasteiger charge is -2.20. The van der Waals surface area contributed by atoms with Crippen molar-refractivity contribution >= 4 is 11.9 Å². The predicted molar refractivity (Wildman–Crippen MR) is 84.4 cm³/mol. The summed E-state index contributed by atoms with van der Waals surface area (Å²) in [4.78, 5) is 11.9. The van der Waals surface area contributed by atoms with Gasteiger partial charge in [-0.05, 0) is 53.9 Å². The van der Waals surface area contributed by atoms with Crippen molar-refractivity contribution in [2.24, 2.45) is 12.8 Å². The van der Waals surface area contributed by atoms with Crippen LogP contribution in [0.4, 0.5) is 10.6 Å². The molecular formula is C15H28N4O2. The second-order valence-electron chi connectivity index (χ2n) is 6.53. The van der Waals surface area contributed by atoms with E-state index in [0.29, 0.717) is 5.82 Å². The van der Waals surface area contributed by atoms with Crippen LogP contribution in [0.2, 0.25) is 0 Å². The van der Waals surface area contributed by atoms with E-state index in [1.807, 2.05) is 41.7 Å². The molecule has 0 bridgehead atoms. The van der Waals surface area contributed by atoms with Crippen LogP contribution in [0.15, 0.2) is 0 Å². The molecule has 6 nitrogen and oxygen atoms in total. The van der Waals surface area contributed by atoms with E-state index < -0.39 is 11.7 Å². The lowest BCUT2D eigenvalue weighted by atomic mass is 10.1. The molecule has 1 rings (SSSR count). The Hall–Kier alpha value is -1.56. The van der Waals surface area contributed by atoms with Gasteiger partial charge < -0.3 is 10.5 Å². The molecule has 0 aliphatic heterocycles. The summed E-state index contributed by atoms with van der Waals surface area (Å²) < 4.78 is 6.97. The first-order chi connectivity index (χ1) is 9.60. The highest BCUT2D eigenvalue weighted by molar-refractivity contribution is 5.85. The molecule has 1 aromatic heterocycles. The molecule has 6 heteroatoms. The van der Waals surface area contributed by atoms with Gasteiger partial charge >= 0.3 is 6.09 Å². The first-order valence-electron chi connectivity index (χ1n) is 7.38. The Morgan fingerprint density at radius 2 is 2.10 bits per heavy atom. The van der Waals surface area contributed by atoms with Crippen LogP contribution in [0.1, 0.15) is 51.8 Å². The van der Waals surface area contributed by atoms with Gasteiger partial charge in [-0.2, -0.15) is 5.10 Å². The Balaban J connectivity index is 2.79. The maximum absolute atomic E-state index is 11.9. The molecule has 0 fully saturated rings. The van der Waals surface area contributed by atoms with E-state index >= 15 is 0 Å². The quantitative estimate of drug-likeness (QED) is 0.875. The molecule has 120 valence electrons. The number of nitrogens with two attached hydrogens (primary N) is 1. The van der Waals surface area contributed by atoms with Crippen molar-refractivity contribution in [3.8, 4) is 0 Å². The zero-order valence-electron chi connectivity index (χ0n) is 14.0. The maximum Gasteiger partial charge on any atom is 0.413 e. The third kappa shape index (κ3) is 5.75. The molecule has 0 aromatic carbocycles. The van der Waals surface area contributed by atoms with Crippen molar-refractivity contribution < 1.29 is 9.53 Å². The molecule has 1 heterocycles. The van der Waals surface area contributed by atoms with Crippen LogP contribution in [0, 0.1) is 6.92 Å². The van der Waals surface area contributed by atoms with E-state index in [-0.39, 0.29) is 6.04 Å². The number of carbonyl (C=O) groups is 1. The van der Waals surface area contributed by atoms with Crippen LogP contribution < -0.4 is 11.1 Å². The number of aryl methyl sites for hydroxylation is 2. The minimum atomic E-state index is -0.521. The standard InChI is InChI=1S/C15H28N4O2/c1-10(16)8-7-9-12-11(2)18-19(6)13(12)17-14(20)21-15(3,4)5/h10H,7-9,16H2,1-6H3,(H,17,20)/t10-/m1/s1. The van der Waals surface area contributed by atoms with Crippen molar-refractivity contribution in [3.05, 3.63) is 11.3 Å². The Bertz CT molecular complexity index is 487. The zero-order chi connectivity index (χ0) is 16.2. The van der Waals surface area contributed by atoms with Gasteiger partial charge in [0.05, 0.1) is 5.69 Å². The number of hydrogen-bond donors (Lipinski definition) is 2. The van der Waals surface area contributed by atoms with Crippen LogP contribution in [-0.2, 0) is 18.2 Å². The van der Waals surface area contributed by atoms with Crippen molar-refractivity contribution in [3.63, 3.8) is 0 Å². The Labute approximate surface area is 127 Å². The molecule has 0 aliphatic rings. The topological polar surface area (TPSA) is 82.2 Å². The van der Waals surface area contributed by atoms with Crippen molar-refractivity contribution in [2.75, 3.05) is 5.32 Å². The van der Waals surface area contributed by atoms with E-state index in [4.69, 9.17) is 10.5 Å². The van der Waals surface area contributed by atoms with Gasteiger partial charge in [-0.25, -0.2) is 4.79 Å². The number of aromatic nitrogens is 2. The zero-order valence-corrected chi connectivity index (χ0v) is 14.0. The Morgan fingerprint density at radius 3 is 2.62 bits per heavy atom. The highest BCUT2D eigenvalue weighted by Gasteiger charge is 2.20. The van der Waals surface area contributed by atoms with Crippen molar-refractivity contribution in [1.82, 2.24) is 9.78 Å². The summed E-state index contributed by atoms with van der Waals surface area (Å²) in [6.07, 6.45) is 2.29. The lowest BCUT2D eigenvalue weighted by Crippen LogP contribution is -2.28. The van der Waals surface area contributed by atoms with Gasteiger partial charge in [-0.1, -0.05) is 0 Å². The SMILES string of the molecule is Cc1nn(C)c(NC(=O)OC(C)(C)C)c1CCC[C@@H](C)N. The Morgan fingerprint density at radius 1 is 1.48 bits per heavy atom. The minimum Gasteiger partial charge on any atom is -0.444 e. The summed E-state index contributed by atoms with van der Waals surface area (Å²) in [7, 11) is 1.81. The summed E-state index contributed by atoms with van der Waals surface area (Å²) in [6, 6.07) is 0.184. The molecule has 0 aliphatic carbocycles. The van der Waals surface area contributed by atoms with Gasteiger partial charge in [0.15, 0.2) is 0 Å². The molecule has 0 unspecified atom stereocenters. The van der Waals surface area contributed by atoms with E-state index in [9.17, 15) is 4.79 Å². The van der Waals surface area contributed by atoms with Crippen LogP contribution in [0.5, 0.6) is 0 Å². The monoisotopic (exact) mass is 296 g/mol. The van der Waals surface area contributed by atoms with Crippen LogP contribution >= 0.6 is 0 Å². The predicted octanol–water partition coefficient (Wildman–Crippen LogP) is 2.75. The molecule has 0 radical (unpaired) electrons. The summed E-state index contributed by atoms with van der Waals surface area (Å²) in [5.41, 5.74) is 7.23. The fraction of sp³-hybridized carbons (Fsp3) is 0.733. The maximum atomic E-state index is 11.9. The van der Waals surface area contributed by atoms with Gasteiger partial charge in [0.1, 0.15) is 11.4 Å². The summed E-state index contributed by atoms with van der Waals surface area (Å²) in [5, 5.41) is 7.18. The van der Waals surface area contributed by atoms with Gasteiger partial charge in [0.2, 0.25) is 0 Å². The molecule has 1 aromatic rings. The second kappa shape index (κ2) is 6.93. The number of ether oxygens (including phenoxy) is 1. The molecular weight excluding hydrogens is 268 g/mol. The highest BCUT2D eigenvalue weighted by atomic mass is 16.6. The summed E-state index contributed by atoms with van der Waals surface area (Å²) in [6.45, 7) is 9.46. The number of anilines is 1. The number of carbonyl (C=O) groups excluding carboxylic acids is 1. The Kier molecular flexibility index (Phi) is 5.78. The highest BCUT2D eigenvalue weighted by Crippen LogP contribution is 2.22. The molecule has 21 heavy (non-hydrogen) atoms. The average Bonchev–Trinajstić information content (AvgIpc) is 2.52. The fourth-order valence-corrected chi connectivity index (χ4v) is 2.16. The summed E-state index contributed by atoms with van der Waals surface area (Å²) >= 11 is 0. The number of rotatable bonds is 5. The number of nitrogens with zero attached hydrogens (tertiary/aromatic N) is 2. The molecule has 1 atom stereocenters. The van der Waals surface area contributed by atoms with E-state index in [0.717, 1.165) is 30.5 Å². The number of nitrogens with one attached hydrogen (secondary N) is 1. The molecule has 0 saturated carbocycles. The smallest absolute Gasteiger partial charge is 0.413 e. The number of amides is 1. The lowest BCUT2D eigenvalue weighted by molar-refractivity contribution is 0.0634. The van der Waals surface area contributed by atoms with Crippen LogP contribution in [-0.4, -0.2) is 27.5 Å². The van der Waals surface area contributed by atoms with E-state index in [1.165, 1.54) is 0 Å². The van der Waals surface area contributed by atoms with Crippen LogP contribution in [0.3, 0.4) is 0 Å². The summed E-state index contributed by atoms with van der Waals surface area (Å²) in [5.74, 6) is 0.700. The average molecular weight is 296 g/mol. The second-order valence-corrected chi connectivity index (χ2v) is 6.53. The molecule has 1 amide bonds. The largest absolute Gasteiger partial charge is 0.444 e. The first-order valence-corrected chi connectivity index (χ1v) is 7.38. The van der Waals surface area contributed by atoms with Gasteiger partial charge in [0.25, 0.3) is 0 Å². The van der Waals surface area contributed by atoms with E-state index in [1.54, 1.807) is 4.68 Å². The number of hydrogen-bond acceptors (Lipinski definition) is 4. The normalized spacial score (nSPS) is 13.1. The first kappa shape index (κ1) is 17.5. The molecule has 0 spiro atoms. The third-order valence-electron chi connectivity index (χ3n) is 3.05. The van der Waals surface area contributed by atoms with Crippen LogP contribution in [0.25, 0.3) is 0 Å². The van der Waals surface area contributed by atoms with Gasteiger partial charge in [-0.15, -0.1) is 0 Å². The molecule has 3 N–H and O–H groups in total.